The summed E-state index contributed by atoms with van der Waals surface area (Å²) in [6, 6.07) is 2.37. The molecule has 88 valence electrons. The standard InChI is InChI=1S/C11H18N4O/c1-12-10-7-11(14-8-13-10)15-5-2-3-9(15)4-6-16/h7-9,16H,2-6H2,1H3,(H,12,13,14). The molecular formula is C11H18N4O. The number of hydrogen-bond acceptors (Lipinski definition) is 5. The molecule has 2 rings (SSSR count). The van der Waals surface area contributed by atoms with Crippen LogP contribution < -0.4 is 10.2 Å². The molecule has 0 aromatic carbocycles. The summed E-state index contributed by atoms with van der Waals surface area (Å²) >= 11 is 0. The van der Waals surface area contributed by atoms with E-state index in [-0.39, 0.29) is 6.61 Å². The van der Waals surface area contributed by atoms with Crippen LogP contribution in [0, 0.1) is 0 Å². The Labute approximate surface area is 95.5 Å². The normalized spacial score (nSPS) is 20.1. The number of nitrogens with one attached hydrogen (secondary N) is 1. The van der Waals surface area contributed by atoms with Crippen molar-refractivity contribution in [1.82, 2.24) is 9.97 Å². The third-order valence-electron chi connectivity index (χ3n) is 3.04. The van der Waals surface area contributed by atoms with Crippen molar-refractivity contribution < 1.29 is 5.11 Å². The predicted octanol–water partition coefficient (Wildman–Crippen LogP) is 0.869. The summed E-state index contributed by atoms with van der Waals surface area (Å²) in [6.45, 7) is 1.26. The van der Waals surface area contributed by atoms with E-state index in [1.54, 1.807) is 6.33 Å². The summed E-state index contributed by atoms with van der Waals surface area (Å²) in [6.07, 6.45) is 4.71. The highest BCUT2D eigenvalue weighted by molar-refractivity contribution is 5.49. The van der Waals surface area contributed by atoms with Crippen molar-refractivity contribution >= 4 is 11.6 Å². The maximum atomic E-state index is 9.02. The highest BCUT2D eigenvalue weighted by atomic mass is 16.3. The predicted molar refractivity (Wildman–Crippen MR) is 63.6 cm³/mol. The molecule has 16 heavy (non-hydrogen) atoms. The third-order valence-corrected chi connectivity index (χ3v) is 3.04. The van der Waals surface area contributed by atoms with Crippen molar-refractivity contribution in [3.63, 3.8) is 0 Å². The van der Waals surface area contributed by atoms with Gasteiger partial charge in [0.25, 0.3) is 0 Å². The van der Waals surface area contributed by atoms with Crippen molar-refractivity contribution in [2.75, 3.05) is 30.4 Å². The lowest BCUT2D eigenvalue weighted by Crippen LogP contribution is -2.30. The fraction of sp³-hybridized carbons (Fsp3) is 0.636. The molecule has 1 aromatic heterocycles. The number of aliphatic hydroxyl groups excluding tert-OH is 1. The zero-order valence-corrected chi connectivity index (χ0v) is 9.56. The first-order valence-electron chi connectivity index (χ1n) is 5.72. The van der Waals surface area contributed by atoms with Crippen LogP contribution in [-0.4, -0.2) is 41.3 Å². The maximum absolute atomic E-state index is 9.02. The quantitative estimate of drug-likeness (QED) is 0.791. The number of aromatic nitrogens is 2. The summed E-state index contributed by atoms with van der Waals surface area (Å²) in [5.74, 6) is 1.79. The Morgan fingerprint density at radius 3 is 3.19 bits per heavy atom. The Hall–Kier alpha value is -1.36. The number of nitrogens with zero attached hydrogens (tertiary/aromatic N) is 3. The number of anilines is 2. The van der Waals surface area contributed by atoms with E-state index in [9.17, 15) is 0 Å². The van der Waals surface area contributed by atoms with Crippen molar-refractivity contribution in [1.29, 1.82) is 0 Å². The van der Waals surface area contributed by atoms with Crippen molar-refractivity contribution in [3.8, 4) is 0 Å². The molecule has 0 aliphatic carbocycles. The van der Waals surface area contributed by atoms with E-state index >= 15 is 0 Å². The number of aliphatic hydroxyl groups is 1. The SMILES string of the molecule is CNc1cc(N2CCCC2CCO)ncn1. The van der Waals surface area contributed by atoms with Gasteiger partial charge in [0, 0.05) is 32.3 Å². The Bertz CT molecular complexity index is 345. The molecule has 1 fully saturated rings. The lowest BCUT2D eigenvalue weighted by Gasteiger charge is -2.25. The molecular weight excluding hydrogens is 204 g/mol. The van der Waals surface area contributed by atoms with Gasteiger partial charge in [-0.05, 0) is 19.3 Å². The molecule has 0 spiro atoms. The van der Waals surface area contributed by atoms with Crippen molar-refractivity contribution in [2.45, 2.75) is 25.3 Å². The first kappa shape index (κ1) is 11.1. The number of hydrogen-bond donors (Lipinski definition) is 2. The van der Waals surface area contributed by atoms with Gasteiger partial charge >= 0.3 is 0 Å². The molecule has 0 amide bonds. The molecule has 1 aromatic rings. The lowest BCUT2D eigenvalue weighted by atomic mass is 10.1. The average Bonchev–Trinajstić information content (AvgIpc) is 2.78. The van der Waals surface area contributed by atoms with Gasteiger partial charge in [0.05, 0.1) is 0 Å². The van der Waals surface area contributed by atoms with Gasteiger partial charge in [-0.15, -0.1) is 0 Å². The molecule has 0 saturated carbocycles. The molecule has 2 heterocycles. The van der Waals surface area contributed by atoms with Crippen LogP contribution in [0.4, 0.5) is 11.6 Å². The van der Waals surface area contributed by atoms with E-state index in [0.29, 0.717) is 6.04 Å². The first-order valence-corrected chi connectivity index (χ1v) is 5.72. The maximum Gasteiger partial charge on any atom is 0.134 e. The van der Waals surface area contributed by atoms with Gasteiger partial charge in [-0.3, -0.25) is 0 Å². The highest BCUT2D eigenvalue weighted by Crippen LogP contribution is 2.26. The summed E-state index contributed by atoms with van der Waals surface area (Å²) in [5.41, 5.74) is 0. The monoisotopic (exact) mass is 222 g/mol. The first-order chi connectivity index (χ1) is 7.85. The Morgan fingerprint density at radius 2 is 2.44 bits per heavy atom. The minimum Gasteiger partial charge on any atom is -0.396 e. The molecule has 1 aliphatic rings. The van der Waals surface area contributed by atoms with E-state index in [0.717, 1.165) is 31.0 Å². The summed E-state index contributed by atoms with van der Waals surface area (Å²) in [7, 11) is 1.85. The van der Waals surface area contributed by atoms with Gasteiger partial charge in [0.1, 0.15) is 18.0 Å². The van der Waals surface area contributed by atoms with Crippen LogP contribution in [0.3, 0.4) is 0 Å². The van der Waals surface area contributed by atoms with Gasteiger partial charge in [-0.25, -0.2) is 9.97 Å². The van der Waals surface area contributed by atoms with Crippen LogP contribution >= 0.6 is 0 Å². The zero-order valence-electron chi connectivity index (χ0n) is 9.56. The van der Waals surface area contributed by atoms with Crippen LogP contribution in [0.15, 0.2) is 12.4 Å². The zero-order chi connectivity index (χ0) is 11.4. The minimum absolute atomic E-state index is 0.241. The van der Waals surface area contributed by atoms with E-state index < -0.39 is 0 Å². The topological polar surface area (TPSA) is 61.3 Å². The molecule has 1 saturated heterocycles. The molecule has 5 nitrogen and oxygen atoms in total. The molecule has 1 aliphatic heterocycles. The Balaban J connectivity index is 2.15. The molecule has 2 N–H and O–H groups in total. The second-order valence-corrected chi connectivity index (χ2v) is 4.01. The van der Waals surface area contributed by atoms with Gasteiger partial charge in [0.15, 0.2) is 0 Å². The van der Waals surface area contributed by atoms with E-state index in [4.69, 9.17) is 5.11 Å². The van der Waals surface area contributed by atoms with Gasteiger partial charge in [-0.2, -0.15) is 0 Å². The summed E-state index contributed by atoms with van der Waals surface area (Å²) in [5, 5.41) is 12.0. The van der Waals surface area contributed by atoms with Crippen LogP contribution in [0.2, 0.25) is 0 Å². The fourth-order valence-corrected chi connectivity index (χ4v) is 2.23. The van der Waals surface area contributed by atoms with Crippen LogP contribution in [0.5, 0.6) is 0 Å². The Morgan fingerprint density at radius 1 is 1.56 bits per heavy atom. The fourth-order valence-electron chi connectivity index (χ4n) is 2.23. The minimum atomic E-state index is 0.241. The van der Waals surface area contributed by atoms with Gasteiger partial charge in [0.2, 0.25) is 0 Å². The van der Waals surface area contributed by atoms with E-state index in [1.165, 1.54) is 6.42 Å². The molecule has 1 unspecified atom stereocenters. The molecule has 0 radical (unpaired) electrons. The van der Waals surface area contributed by atoms with Crippen LogP contribution in [0.1, 0.15) is 19.3 Å². The van der Waals surface area contributed by atoms with Crippen LogP contribution in [-0.2, 0) is 0 Å². The molecule has 0 bridgehead atoms. The highest BCUT2D eigenvalue weighted by Gasteiger charge is 2.25. The molecule has 5 heteroatoms. The average molecular weight is 222 g/mol. The second-order valence-electron chi connectivity index (χ2n) is 4.01. The third kappa shape index (κ3) is 2.24. The van der Waals surface area contributed by atoms with Gasteiger partial charge < -0.3 is 15.3 Å². The van der Waals surface area contributed by atoms with Gasteiger partial charge in [-0.1, -0.05) is 0 Å². The smallest absolute Gasteiger partial charge is 0.134 e. The van der Waals surface area contributed by atoms with E-state index in [1.807, 2.05) is 13.1 Å². The molecule has 1 atom stereocenters. The summed E-state index contributed by atoms with van der Waals surface area (Å²) in [4.78, 5) is 10.7. The summed E-state index contributed by atoms with van der Waals surface area (Å²) < 4.78 is 0. The Kier molecular flexibility index (Phi) is 3.56. The van der Waals surface area contributed by atoms with Crippen LogP contribution in [0.25, 0.3) is 0 Å². The largest absolute Gasteiger partial charge is 0.396 e. The van der Waals surface area contributed by atoms with Crippen molar-refractivity contribution in [2.24, 2.45) is 0 Å². The van der Waals surface area contributed by atoms with E-state index in [2.05, 4.69) is 20.2 Å². The lowest BCUT2D eigenvalue weighted by molar-refractivity contribution is 0.275. The number of rotatable bonds is 4. The van der Waals surface area contributed by atoms with Crippen molar-refractivity contribution in [3.05, 3.63) is 12.4 Å². The second kappa shape index (κ2) is 5.12.